The third kappa shape index (κ3) is 4.23. The van der Waals surface area contributed by atoms with Crippen molar-refractivity contribution in [2.24, 2.45) is 0 Å². The highest BCUT2D eigenvalue weighted by Crippen LogP contribution is 2.21. The minimum Gasteiger partial charge on any atom is -0.368 e. The van der Waals surface area contributed by atoms with Crippen LogP contribution in [0.2, 0.25) is 0 Å². The lowest BCUT2D eigenvalue weighted by atomic mass is 10.2. The fourth-order valence-electron chi connectivity index (χ4n) is 2.53. The zero-order valence-corrected chi connectivity index (χ0v) is 15.4. The van der Waals surface area contributed by atoms with E-state index in [1.54, 1.807) is 27.9 Å². The van der Waals surface area contributed by atoms with Crippen LogP contribution in [0.3, 0.4) is 0 Å². The average molecular weight is 362 g/mol. The quantitative estimate of drug-likeness (QED) is 0.889. The van der Waals surface area contributed by atoms with E-state index in [2.05, 4.69) is 20.3 Å². The summed E-state index contributed by atoms with van der Waals surface area (Å²) in [6, 6.07) is 1.74. The first-order chi connectivity index (χ1) is 12.0. The molecule has 0 aliphatic carbocycles. The van der Waals surface area contributed by atoms with Crippen LogP contribution >= 0.6 is 11.3 Å². The monoisotopic (exact) mass is 362 g/mol. The Balaban J connectivity index is 1.61. The molecule has 0 bridgehead atoms. The van der Waals surface area contributed by atoms with E-state index in [9.17, 15) is 4.79 Å². The van der Waals surface area contributed by atoms with Crippen LogP contribution in [0.5, 0.6) is 0 Å². The van der Waals surface area contributed by atoms with Gasteiger partial charge in [-0.3, -0.25) is 0 Å². The predicted octanol–water partition coefficient (Wildman–Crippen LogP) is 1.59. The Hall–Kier alpha value is -2.26. The maximum Gasteiger partial charge on any atom is 0.317 e. The maximum atomic E-state index is 12.5. The molecule has 134 valence electrons. The number of aromatic nitrogens is 3. The third-order valence-electron chi connectivity index (χ3n) is 3.99. The fraction of sp³-hybridized carbons (Fsp3) is 0.500. The summed E-state index contributed by atoms with van der Waals surface area (Å²) in [5, 5.41) is 2.96. The van der Waals surface area contributed by atoms with E-state index in [0.29, 0.717) is 32.2 Å². The number of anilines is 1. The number of ether oxygens (including phenoxy) is 1. The van der Waals surface area contributed by atoms with Crippen molar-refractivity contribution >= 4 is 23.3 Å². The minimum atomic E-state index is -0.244. The number of urea groups is 1. The summed E-state index contributed by atoms with van der Waals surface area (Å²) >= 11 is 1.55. The largest absolute Gasteiger partial charge is 0.368 e. The average Bonchev–Trinajstić information content (AvgIpc) is 3.05. The number of morpholine rings is 1. The van der Waals surface area contributed by atoms with Crippen LogP contribution in [0.25, 0.3) is 0 Å². The van der Waals surface area contributed by atoms with Gasteiger partial charge < -0.3 is 19.9 Å². The molecule has 1 atom stereocenters. The van der Waals surface area contributed by atoms with Gasteiger partial charge in [0.15, 0.2) is 0 Å². The smallest absolute Gasteiger partial charge is 0.317 e. The normalized spacial score (nSPS) is 17.4. The van der Waals surface area contributed by atoms with Gasteiger partial charge in [-0.25, -0.2) is 19.7 Å². The molecule has 1 aliphatic heterocycles. The molecule has 3 rings (SSSR count). The van der Waals surface area contributed by atoms with E-state index in [0.717, 1.165) is 16.3 Å². The lowest BCUT2D eigenvalue weighted by Crippen LogP contribution is -2.47. The Morgan fingerprint density at radius 2 is 2.32 bits per heavy atom. The molecule has 3 heterocycles. The van der Waals surface area contributed by atoms with Crippen molar-refractivity contribution in [2.45, 2.75) is 19.6 Å². The number of nitrogens with one attached hydrogen (secondary N) is 1. The zero-order chi connectivity index (χ0) is 17.8. The second-order valence-corrected chi connectivity index (χ2v) is 6.94. The van der Waals surface area contributed by atoms with Gasteiger partial charge in [0.05, 0.1) is 36.6 Å². The number of thiazole rings is 1. The summed E-state index contributed by atoms with van der Waals surface area (Å²) < 4.78 is 5.81. The Bertz CT molecular complexity index is 735. The molecule has 0 spiro atoms. The van der Waals surface area contributed by atoms with Crippen molar-refractivity contribution < 1.29 is 9.53 Å². The minimum absolute atomic E-state index is 0.0945. The van der Waals surface area contributed by atoms with Crippen LogP contribution < -0.4 is 10.2 Å². The van der Waals surface area contributed by atoms with E-state index in [-0.39, 0.29) is 12.1 Å². The van der Waals surface area contributed by atoms with Crippen LogP contribution in [0.1, 0.15) is 22.4 Å². The number of hydrogen-bond acceptors (Lipinski definition) is 7. The Morgan fingerprint density at radius 3 is 3.04 bits per heavy atom. The van der Waals surface area contributed by atoms with Crippen molar-refractivity contribution in [2.75, 3.05) is 38.7 Å². The van der Waals surface area contributed by atoms with Gasteiger partial charge >= 0.3 is 6.03 Å². The standard InChI is InChI=1S/C16H22N6O2S/c1-11-14(25-10-19-11)8-18-16(23)22-6-7-24-13(9-22)12-4-5-17-15(20-12)21(2)3/h4-5,10,13H,6-9H2,1-3H3,(H,18,23). The molecule has 1 saturated heterocycles. The number of nitrogens with zero attached hydrogens (tertiary/aromatic N) is 5. The zero-order valence-electron chi connectivity index (χ0n) is 14.6. The molecule has 0 radical (unpaired) electrons. The van der Waals surface area contributed by atoms with Gasteiger partial charge in [-0.2, -0.15) is 0 Å². The number of rotatable bonds is 4. The Morgan fingerprint density at radius 1 is 1.48 bits per heavy atom. The lowest BCUT2D eigenvalue weighted by molar-refractivity contribution is -0.0176. The number of amides is 2. The van der Waals surface area contributed by atoms with Crippen molar-refractivity contribution in [3.8, 4) is 0 Å². The SMILES string of the molecule is Cc1ncsc1CNC(=O)N1CCOC(c2ccnc(N(C)C)n2)C1. The summed E-state index contributed by atoms with van der Waals surface area (Å²) in [7, 11) is 3.78. The van der Waals surface area contributed by atoms with Gasteiger partial charge in [0, 0.05) is 31.7 Å². The van der Waals surface area contributed by atoms with Gasteiger partial charge in [-0.05, 0) is 13.0 Å². The first kappa shape index (κ1) is 17.6. The van der Waals surface area contributed by atoms with Crippen molar-refractivity contribution in [1.29, 1.82) is 0 Å². The van der Waals surface area contributed by atoms with E-state index in [1.165, 1.54) is 0 Å². The van der Waals surface area contributed by atoms with Gasteiger partial charge in [0.2, 0.25) is 5.95 Å². The van der Waals surface area contributed by atoms with Crippen LogP contribution in [0.4, 0.5) is 10.7 Å². The van der Waals surface area contributed by atoms with Crippen LogP contribution in [0, 0.1) is 6.92 Å². The molecule has 1 aliphatic rings. The lowest BCUT2D eigenvalue weighted by Gasteiger charge is -2.32. The highest BCUT2D eigenvalue weighted by Gasteiger charge is 2.26. The number of carbonyl (C=O) groups excluding carboxylic acids is 1. The Kier molecular flexibility index (Phi) is 5.44. The molecule has 8 nitrogen and oxygen atoms in total. The van der Waals surface area contributed by atoms with E-state index in [4.69, 9.17) is 4.74 Å². The van der Waals surface area contributed by atoms with Gasteiger partial charge in [-0.15, -0.1) is 11.3 Å². The molecule has 1 fully saturated rings. The molecule has 0 saturated carbocycles. The highest BCUT2D eigenvalue weighted by molar-refractivity contribution is 7.09. The van der Waals surface area contributed by atoms with E-state index >= 15 is 0 Å². The Labute approximate surface area is 150 Å². The molecule has 1 unspecified atom stereocenters. The third-order valence-corrected chi connectivity index (χ3v) is 4.93. The summed E-state index contributed by atoms with van der Waals surface area (Å²) in [4.78, 5) is 30.1. The first-order valence-electron chi connectivity index (χ1n) is 8.08. The summed E-state index contributed by atoms with van der Waals surface area (Å²) in [6.45, 7) is 3.96. The van der Waals surface area contributed by atoms with E-state index in [1.807, 2.05) is 32.0 Å². The van der Waals surface area contributed by atoms with Crippen LogP contribution in [0.15, 0.2) is 17.8 Å². The second-order valence-electron chi connectivity index (χ2n) is 6.00. The van der Waals surface area contributed by atoms with E-state index < -0.39 is 0 Å². The fourth-order valence-corrected chi connectivity index (χ4v) is 3.25. The van der Waals surface area contributed by atoms with Crippen molar-refractivity contribution in [3.63, 3.8) is 0 Å². The molecule has 0 aromatic carbocycles. The second kappa shape index (κ2) is 7.75. The number of aryl methyl sites for hydroxylation is 1. The summed E-state index contributed by atoms with van der Waals surface area (Å²) in [6.07, 6.45) is 1.47. The van der Waals surface area contributed by atoms with Crippen molar-refractivity contribution in [3.05, 3.63) is 34.0 Å². The first-order valence-corrected chi connectivity index (χ1v) is 8.96. The molecular formula is C16H22N6O2S. The molecule has 2 amide bonds. The summed E-state index contributed by atoms with van der Waals surface area (Å²) in [5.74, 6) is 0.628. The van der Waals surface area contributed by atoms with Gasteiger partial charge in [0.1, 0.15) is 6.10 Å². The summed E-state index contributed by atoms with van der Waals surface area (Å²) in [5.41, 5.74) is 3.54. The number of hydrogen-bond donors (Lipinski definition) is 1. The van der Waals surface area contributed by atoms with Crippen molar-refractivity contribution in [1.82, 2.24) is 25.2 Å². The molecule has 9 heteroatoms. The number of carbonyl (C=O) groups is 1. The molecule has 2 aromatic heterocycles. The van der Waals surface area contributed by atoms with Crippen LogP contribution in [-0.2, 0) is 11.3 Å². The topological polar surface area (TPSA) is 83.5 Å². The van der Waals surface area contributed by atoms with Crippen LogP contribution in [-0.4, -0.2) is 59.7 Å². The molecular weight excluding hydrogens is 340 g/mol. The van der Waals surface area contributed by atoms with Gasteiger partial charge in [0.25, 0.3) is 0 Å². The predicted molar refractivity (Wildman–Crippen MR) is 95.7 cm³/mol. The van der Waals surface area contributed by atoms with Gasteiger partial charge in [-0.1, -0.05) is 0 Å². The molecule has 2 aromatic rings. The highest BCUT2D eigenvalue weighted by atomic mass is 32.1. The maximum absolute atomic E-state index is 12.5. The molecule has 1 N–H and O–H groups in total. The molecule has 25 heavy (non-hydrogen) atoms.